The van der Waals surface area contributed by atoms with E-state index in [1.807, 2.05) is 42.5 Å². The van der Waals surface area contributed by atoms with Crippen LogP contribution in [0.4, 0.5) is 5.69 Å². The van der Waals surface area contributed by atoms with E-state index in [0.717, 1.165) is 10.0 Å². The highest BCUT2D eigenvalue weighted by Gasteiger charge is 2.46. The predicted octanol–water partition coefficient (Wildman–Crippen LogP) is 5.08. The minimum Gasteiger partial charge on any atom is -0.507 e. The normalized spacial score (nSPS) is 18.5. The fourth-order valence-electron chi connectivity index (χ4n) is 3.43. The quantitative estimate of drug-likeness (QED) is 0.356. The highest BCUT2D eigenvalue weighted by molar-refractivity contribution is 9.10. The maximum Gasteiger partial charge on any atom is 0.300 e. The van der Waals surface area contributed by atoms with Gasteiger partial charge in [-0.15, -0.1) is 0 Å². The third-order valence-electron chi connectivity index (χ3n) is 4.69. The first kappa shape index (κ1) is 18.2. The standard InChI is InChI=1S/C23H16BrNO3/c24-17-12-7-13-18(14-17)25-20(15-8-3-1-4-9-15)19(22(27)23(25)28)21(26)16-10-5-2-6-11-16/h1-14,20,26H/t20-/m1/s1. The van der Waals surface area contributed by atoms with Crippen LogP contribution in [0.2, 0.25) is 0 Å². The Bertz CT molecular complexity index is 1080. The number of benzene rings is 3. The summed E-state index contributed by atoms with van der Waals surface area (Å²) in [5.41, 5.74) is 1.91. The Kier molecular flexibility index (Phi) is 4.84. The van der Waals surface area contributed by atoms with Gasteiger partial charge in [0.2, 0.25) is 0 Å². The van der Waals surface area contributed by atoms with E-state index in [2.05, 4.69) is 15.9 Å². The molecule has 4 nitrogen and oxygen atoms in total. The lowest BCUT2D eigenvalue weighted by molar-refractivity contribution is -0.132. The zero-order valence-corrected chi connectivity index (χ0v) is 16.3. The molecule has 1 N–H and O–H groups in total. The van der Waals surface area contributed by atoms with E-state index in [1.54, 1.807) is 42.5 Å². The number of amides is 1. The fraction of sp³-hybridized carbons (Fsp3) is 0.0435. The smallest absolute Gasteiger partial charge is 0.300 e. The number of nitrogens with zero attached hydrogens (tertiary/aromatic N) is 1. The van der Waals surface area contributed by atoms with E-state index in [0.29, 0.717) is 11.3 Å². The second kappa shape index (κ2) is 7.44. The van der Waals surface area contributed by atoms with Crippen molar-refractivity contribution in [3.63, 3.8) is 0 Å². The fourth-order valence-corrected chi connectivity index (χ4v) is 3.81. The van der Waals surface area contributed by atoms with E-state index < -0.39 is 17.7 Å². The van der Waals surface area contributed by atoms with Gasteiger partial charge in [-0.1, -0.05) is 82.7 Å². The number of hydrogen-bond donors (Lipinski definition) is 1. The number of rotatable bonds is 3. The molecule has 0 spiro atoms. The van der Waals surface area contributed by atoms with Crippen LogP contribution in [0.5, 0.6) is 0 Å². The molecule has 1 amide bonds. The number of carbonyl (C=O) groups excluding carboxylic acids is 2. The lowest BCUT2D eigenvalue weighted by atomic mass is 9.95. The van der Waals surface area contributed by atoms with Crippen molar-refractivity contribution in [1.29, 1.82) is 0 Å². The summed E-state index contributed by atoms with van der Waals surface area (Å²) in [4.78, 5) is 27.4. The molecular weight excluding hydrogens is 418 g/mol. The van der Waals surface area contributed by atoms with Crippen LogP contribution < -0.4 is 4.90 Å². The van der Waals surface area contributed by atoms with Crippen molar-refractivity contribution in [3.8, 4) is 0 Å². The largest absolute Gasteiger partial charge is 0.507 e. The Labute approximate surface area is 170 Å². The first-order valence-electron chi connectivity index (χ1n) is 8.75. The molecule has 0 bridgehead atoms. The Hall–Kier alpha value is -3.18. The molecule has 1 fully saturated rings. The number of ketones is 1. The molecule has 5 heteroatoms. The monoisotopic (exact) mass is 433 g/mol. The van der Waals surface area contributed by atoms with Crippen LogP contribution in [0, 0.1) is 0 Å². The lowest BCUT2D eigenvalue weighted by Gasteiger charge is -2.25. The second-order valence-corrected chi connectivity index (χ2v) is 7.34. The third kappa shape index (κ3) is 3.14. The summed E-state index contributed by atoms with van der Waals surface area (Å²) < 4.78 is 0.793. The van der Waals surface area contributed by atoms with Crippen LogP contribution in [-0.4, -0.2) is 16.8 Å². The number of halogens is 1. The Morgan fingerprint density at radius 1 is 0.857 bits per heavy atom. The van der Waals surface area contributed by atoms with Crippen molar-refractivity contribution < 1.29 is 14.7 Å². The summed E-state index contributed by atoms with van der Waals surface area (Å²) in [5.74, 6) is -1.54. The lowest BCUT2D eigenvalue weighted by Crippen LogP contribution is -2.29. The van der Waals surface area contributed by atoms with Gasteiger partial charge in [0.15, 0.2) is 0 Å². The van der Waals surface area contributed by atoms with Crippen LogP contribution >= 0.6 is 15.9 Å². The van der Waals surface area contributed by atoms with Gasteiger partial charge in [-0.05, 0) is 23.8 Å². The third-order valence-corrected chi connectivity index (χ3v) is 5.19. The zero-order valence-electron chi connectivity index (χ0n) is 14.7. The van der Waals surface area contributed by atoms with Gasteiger partial charge in [-0.25, -0.2) is 0 Å². The van der Waals surface area contributed by atoms with Crippen LogP contribution in [0.1, 0.15) is 17.2 Å². The Morgan fingerprint density at radius 3 is 2.14 bits per heavy atom. The Morgan fingerprint density at radius 2 is 1.50 bits per heavy atom. The molecule has 1 heterocycles. The average Bonchev–Trinajstić information content (AvgIpc) is 3.00. The minimum atomic E-state index is -0.712. The van der Waals surface area contributed by atoms with Crippen LogP contribution in [0.15, 0.2) is 95.0 Å². The van der Waals surface area contributed by atoms with E-state index in [9.17, 15) is 14.7 Å². The topological polar surface area (TPSA) is 57.6 Å². The van der Waals surface area contributed by atoms with Crippen molar-refractivity contribution >= 4 is 39.1 Å². The van der Waals surface area contributed by atoms with E-state index in [-0.39, 0.29) is 11.3 Å². The number of carbonyl (C=O) groups is 2. The maximum absolute atomic E-state index is 13.0. The molecule has 28 heavy (non-hydrogen) atoms. The molecule has 0 unspecified atom stereocenters. The molecule has 3 aromatic rings. The molecule has 1 aliphatic rings. The Balaban J connectivity index is 1.95. The summed E-state index contributed by atoms with van der Waals surface area (Å²) in [6.07, 6.45) is 0. The van der Waals surface area contributed by atoms with E-state index in [1.165, 1.54) is 4.90 Å². The molecule has 138 valence electrons. The van der Waals surface area contributed by atoms with E-state index >= 15 is 0 Å². The van der Waals surface area contributed by atoms with Gasteiger partial charge >= 0.3 is 0 Å². The first-order valence-corrected chi connectivity index (χ1v) is 9.54. The van der Waals surface area contributed by atoms with Crippen LogP contribution in [-0.2, 0) is 9.59 Å². The maximum atomic E-state index is 13.0. The number of aliphatic hydroxyl groups excluding tert-OH is 1. The molecule has 0 radical (unpaired) electrons. The highest BCUT2D eigenvalue weighted by atomic mass is 79.9. The molecule has 3 aromatic carbocycles. The first-order chi connectivity index (χ1) is 13.6. The predicted molar refractivity (Wildman–Crippen MR) is 112 cm³/mol. The van der Waals surface area contributed by atoms with Crippen molar-refractivity contribution in [3.05, 3.63) is 106 Å². The van der Waals surface area contributed by atoms with Gasteiger partial charge in [0, 0.05) is 15.7 Å². The van der Waals surface area contributed by atoms with Gasteiger partial charge in [0.1, 0.15) is 5.76 Å². The van der Waals surface area contributed by atoms with Gasteiger partial charge in [-0.2, -0.15) is 0 Å². The average molecular weight is 434 g/mol. The molecule has 1 saturated heterocycles. The number of Topliss-reactive ketones (excluding diaryl/α,β-unsaturated/α-hetero) is 1. The van der Waals surface area contributed by atoms with Gasteiger partial charge in [0.25, 0.3) is 11.7 Å². The number of hydrogen-bond acceptors (Lipinski definition) is 3. The SMILES string of the molecule is O=C1C(=O)N(c2cccc(Br)c2)[C@H](c2ccccc2)C1=C(O)c1ccccc1. The van der Waals surface area contributed by atoms with Crippen LogP contribution in [0.3, 0.4) is 0 Å². The van der Waals surface area contributed by atoms with E-state index in [4.69, 9.17) is 0 Å². The van der Waals surface area contributed by atoms with Gasteiger partial charge in [-0.3, -0.25) is 14.5 Å². The summed E-state index contributed by atoms with van der Waals surface area (Å²) in [5, 5.41) is 10.9. The molecule has 0 aromatic heterocycles. The summed E-state index contributed by atoms with van der Waals surface area (Å²) >= 11 is 3.42. The van der Waals surface area contributed by atoms with Crippen molar-refractivity contribution in [2.75, 3.05) is 4.90 Å². The van der Waals surface area contributed by atoms with Gasteiger partial charge in [0.05, 0.1) is 11.6 Å². The molecule has 4 rings (SSSR count). The van der Waals surface area contributed by atoms with Crippen molar-refractivity contribution in [2.45, 2.75) is 6.04 Å². The molecular formula is C23H16BrNO3. The van der Waals surface area contributed by atoms with Gasteiger partial charge < -0.3 is 5.11 Å². The second-order valence-electron chi connectivity index (χ2n) is 6.43. The van der Waals surface area contributed by atoms with Crippen LogP contribution in [0.25, 0.3) is 5.76 Å². The minimum absolute atomic E-state index is 0.0855. The summed E-state index contributed by atoms with van der Waals surface area (Å²) in [6, 6.07) is 24.5. The number of anilines is 1. The molecule has 1 atom stereocenters. The van der Waals surface area contributed by atoms with Crippen molar-refractivity contribution in [1.82, 2.24) is 0 Å². The zero-order chi connectivity index (χ0) is 19.7. The van der Waals surface area contributed by atoms with Crippen molar-refractivity contribution in [2.24, 2.45) is 0 Å². The summed E-state index contributed by atoms with van der Waals surface area (Å²) in [7, 11) is 0. The molecule has 0 aliphatic carbocycles. The molecule has 0 saturated carbocycles. The summed E-state index contributed by atoms with van der Waals surface area (Å²) in [6.45, 7) is 0. The number of aliphatic hydroxyl groups is 1. The molecule has 1 aliphatic heterocycles. The highest BCUT2D eigenvalue weighted by Crippen LogP contribution is 2.42.